The van der Waals surface area contributed by atoms with Crippen molar-refractivity contribution in [1.82, 2.24) is 0 Å². The normalized spacial score (nSPS) is 24.5. The molecule has 2 fully saturated rings. The third-order valence-electron chi connectivity index (χ3n) is 5.25. The van der Waals surface area contributed by atoms with Crippen LogP contribution in [0.5, 0.6) is 0 Å². The zero-order valence-corrected chi connectivity index (χ0v) is 14.7. The lowest BCUT2D eigenvalue weighted by atomic mass is 9.86. The fraction of sp³-hybridized carbons (Fsp3) is 0.556. The van der Waals surface area contributed by atoms with Crippen LogP contribution in [0.1, 0.15) is 37.7 Å². The van der Waals surface area contributed by atoms with Crippen LogP contribution in [-0.2, 0) is 20.5 Å². The van der Waals surface area contributed by atoms with Gasteiger partial charge in [0.1, 0.15) is 0 Å². The Hall–Kier alpha value is -1.76. The summed E-state index contributed by atoms with van der Waals surface area (Å²) >= 11 is 5.81. The number of amides is 1. The minimum absolute atomic E-state index is 0.0281. The highest BCUT2D eigenvalue weighted by molar-refractivity contribution is 6.33. The van der Waals surface area contributed by atoms with E-state index in [2.05, 4.69) is 5.32 Å². The van der Waals surface area contributed by atoms with Crippen LogP contribution in [0.2, 0.25) is 5.02 Å². The van der Waals surface area contributed by atoms with E-state index in [9.17, 15) is 22.8 Å². The van der Waals surface area contributed by atoms with Gasteiger partial charge in [-0.3, -0.25) is 9.59 Å². The highest BCUT2D eigenvalue weighted by Crippen LogP contribution is 2.49. The molecule has 2 aliphatic carbocycles. The predicted octanol–water partition coefficient (Wildman–Crippen LogP) is 4.67. The van der Waals surface area contributed by atoms with Gasteiger partial charge in [-0.05, 0) is 55.2 Å². The molecule has 2 saturated carbocycles. The number of fused-ring (bicyclic) bond motifs is 2. The minimum Gasteiger partial charge on any atom is -0.456 e. The van der Waals surface area contributed by atoms with Crippen LogP contribution >= 0.6 is 11.6 Å². The number of nitrogens with one attached hydrogen (secondary N) is 1. The molecule has 4 nitrogen and oxygen atoms in total. The van der Waals surface area contributed by atoms with Crippen molar-refractivity contribution in [2.24, 2.45) is 17.8 Å². The highest BCUT2D eigenvalue weighted by atomic mass is 35.5. The first kappa shape index (κ1) is 19.0. The Balaban J connectivity index is 1.49. The Labute approximate surface area is 154 Å². The van der Waals surface area contributed by atoms with E-state index in [1.807, 2.05) is 0 Å². The number of carbonyl (C=O) groups is 2. The topological polar surface area (TPSA) is 55.4 Å². The number of carbonyl (C=O) groups excluding carboxylic acids is 2. The Morgan fingerprint density at radius 3 is 2.62 bits per heavy atom. The molecule has 3 atom stereocenters. The van der Waals surface area contributed by atoms with E-state index in [0.717, 1.165) is 31.0 Å². The van der Waals surface area contributed by atoms with Crippen LogP contribution in [0.15, 0.2) is 18.2 Å². The first-order valence-corrected chi connectivity index (χ1v) is 8.92. The van der Waals surface area contributed by atoms with Crippen molar-refractivity contribution < 1.29 is 27.5 Å². The van der Waals surface area contributed by atoms with Crippen molar-refractivity contribution in [3.8, 4) is 0 Å². The maximum absolute atomic E-state index is 12.7. The molecular weight excluding hydrogens is 371 g/mol. The number of hydrogen-bond donors (Lipinski definition) is 1. The number of rotatable bonds is 5. The van der Waals surface area contributed by atoms with Crippen LogP contribution in [0.3, 0.4) is 0 Å². The van der Waals surface area contributed by atoms with Gasteiger partial charge in [0.15, 0.2) is 6.61 Å². The molecule has 0 radical (unpaired) electrons. The number of esters is 1. The second-order valence-electron chi connectivity index (χ2n) is 7.04. The summed E-state index contributed by atoms with van der Waals surface area (Å²) in [5, 5.41) is 2.22. The second-order valence-corrected chi connectivity index (χ2v) is 7.45. The molecule has 1 aromatic carbocycles. The molecule has 0 spiro atoms. The van der Waals surface area contributed by atoms with Gasteiger partial charge >= 0.3 is 12.1 Å². The van der Waals surface area contributed by atoms with Crippen molar-refractivity contribution >= 4 is 29.2 Å². The molecule has 8 heteroatoms. The van der Waals surface area contributed by atoms with E-state index in [1.165, 1.54) is 12.8 Å². The Morgan fingerprint density at radius 1 is 1.23 bits per heavy atom. The number of halogens is 4. The van der Waals surface area contributed by atoms with E-state index in [-0.39, 0.29) is 10.7 Å². The monoisotopic (exact) mass is 389 g/mol. The summed E-state index contributed by atoms with van der Waals surface area (Å²) in [4.78, 5) is 23.8. The summed E-state index contributed by atoms with van der Waals surface area (Å²) in [6.45, 7) is -0.549. The third kappa shape index (κ3) is 4.50. The van der Waals surface area contributed by atoms with Gasteiger partial charge in [0.2, 0.25) is 0 Å². The molecule has 2 bridgehead atoms. The molecule has 1 N–H and O–H groups in total. The Morgan fingerprint density at radius 2 is 2.00 bits per heavy atom. The van der Waals surface area contributed by atoms with Crippen LogP contribution < -0.4 is 5.32 Å². The van der Waals surface area contributed by atoms with Crippen molar-refractivity contribution in [2.45, 2.75) is 38.3 Å². The van der Waals surface area contributed by atoms with Gasteiger partial charge < -0.3 is 10.1 Å². The lowest BCUT2D eigenvalue weighted by molar-refractivity contribution is -0.148. The maximum Gasteiger partial charge on any atom is 0.416 e. The number of alkyl halides is 3. The average Bonchev–Trinajstić information content (AvgIpc) is 3.17. The minimum atomic E-state index is -4.54. The van der Waals surface area contributed by atoms with Crippen LogP contribution in [0, 0.1) is 17.8 Å². The quantitative estimate of drug-likeness (QED) is 0.745. The molecule has 0 aromatic heterocycles. The summed E-state index contributed by atoms with van der Waals surface area (Å²) in [6.07, 6.45) is 0.335. The van der Waals surface area contributed by atoms with Crippen LogP contribution in [-0.4, -0.2) is 18.5 Å². The number of anilines is 1. The Bertz CT molecular complexity index is 707. The summed E-state index contributed by atoms with van der Waals surface area (Å²) in [5.41, 5.74) is -1.10. The van der Waals surface area contributed by atoms with Gasteiger partial charge in [0, 0.05) is 6.42 Å². The van der Waals surface area contributed by atoms with E-state index >= 15 is 0 Å². The summed E-state index contributed by atoms with van der Waals surface area (Å²) in [5.74, 6) is 0.428. The molecule has 3 rings (SSSR count). The maximum atomic E-state index is 12.7. The molecule has 0 saturated heterocycles. The second kappa shape index (κ2) is 7.47. The van der Waals surface area contributed by atoms with E-state index in [0.29, 0.717) is 24.2 Å². The average molecular weight is 390 g/mol. The third-order valence-corrected chi connectivity index (χ3v) is 5.58. The number of benzene rings is 1. The molecule has 1 amide bonds. The van der Waals surface area contributed by atoms with Gasteiger partial charge in [-0.1, -0.05) is 18.0 Å². The number of ether oxygens (including phenoxy) is 1. The van der Waals surface area contributed by atoms with Crippen LogP contribution in [0.4, 0.5) is 18.9 Å². The van der Waals surface area contributed by atoms with E-state index in [4.69, 9.17) is 16.3 Å². The smallest absolute Gasteiger partial charge is 0.416 e. The first-order chi connectivity index (χ1) is 12.2. The lowest BCUT2D eigenvalue weighted by Crippen LogP contribution is -2.23. The van der Waals surface area contributed by atoms with E-state index in [1.54, 1.807) is 0 Å². The SMILES string of the molecule is O=C(COC(=O)C[C@@H]1C[C@H]2CC[C@H]1C2)Nc1cc(C(F)(F)F)ccc1Cl. The van der Waals surface area contributed by atoms with Crippen molar-refractivity contribution in [1.29, 1.82) is 0 Å². The number of hydrogen-bond acceptors (Lipinski definition) is 3. The molecule has 0 aliphatic heterocycles. The predicted molar refractivity (Wildman–Crippen MR) is 89.6 cm³/mol. The molecule has 2 aliphatic rings. The molecular formula is C18H19ClF3NO3. The molecule has 1 aromatic rings. The first-order valence-electron chi connectivity index (χ1n) is 8.54. The van der Waals surface area contributed by atoms with Crippen molar-refractivity contribution in [3.63, 3.8) is 0 Å². The Kier molecular flexibility index (Phi) is 5.46. The van der Waals surface area contributed by atoms with Crippen molar-refractivity contribution in [2.75, 3.05) is 11.9 Å². The summed E-state index contributed by atoms with van der Waals surface area (Å²) in [7, 11) is 0. The fourth-order valence-electron chi connectivity index (χ4n) is 4.03. The lowest BCUT2D eigenvalue weighted by Gasteiger charge is -2.20. The zero-order valence-electron chi connectivity index (χ0n) is 13.9. The van der Waals surface area contributed by atoms with Gasteiger partial charge in [0.05, 0.1) is 16.3 Å². The molecule has 26 heavy (non-hydrogen) atoms. The van der Waals surface area contributed by atoms with Gasteiger partial charge in [0.25, 0.3) is 5.91 Å². The summed E-state index contributed by atoms with van der Waals surface area (Å²) < 4.78 is 43.1. The van der Waals surface area contributed by atoms with E-state index < -0.39 is 30.2 Å². The van der Waals surface area contributed by atoms with Gasteiger partial charge in [-0.15, -0.1) is 0 Å². The molecule has 0 unspecified atom stereocenters. The highest BCUT2D eigenvalue weighted by Gasteiger charge is 2.40. The zero-order chi connectivity index (χ0) is 18.9. The largest absolute Gasteiger partial charge is 0.456 e. The molecule has 142 valence electrons. The van der Waals surface area contributed by atoms with Crippen molar-refractivity contribution in [3.05, 3.63) is 28.8 Å². The molecule has 0 heterocycles. The van der Waals surface area contributed by atoms with Gasteiger partial charge in [-0.2, -0.15) is 13.2 Å². The standard InChI is InChI=1S/C18H19ClF3NO3/c19-14-4-3-13(18(20,21)22)8-15(14)23-16(24)9-26-17(25)7-12-6-10-1-2-11(12)5-10/h3-4,8,10-12H,1-2,5-7,9H2,(H,23,24)/t10-,11-,12-/m0/s1. The summed E-state index contributed by atoms with van der Waals surface area (Å²) in [6, 6.07) is 2.63. The van der Waals surface area contributed by atoms with Crippen LogP contribution in [0.25, 0.3) is 0 Å². The van der Waals surface area contributed by atoms with Gasteiger partial charge in [-0.25, -0.2) is 0 Å². The fourth-order valence-corrected chi connectivity index (χ4v) is 4.19.